The Morgan fingerprint density at radius 2 is 1.34 bits per heavy atom. The summed E-state index contributed by atoms with van der Waals surface area (Å²) in [4.78, 5) is 14.5. The van der Waals surface area contributed by atoms with Gasteiger partial charge < -0.3 is 9.40 Å². The van der Waals surface area contributed by atoms with Gasteiger partial charge >= 0.3 is 0 Å². The average Bonchev–Trinajstić information content (AvgIpc) is 4.07. The zero-order valence-corrected chi connectivity index (χ0v) is 37.3. The topological polar surface area (TPSA) is 64.6 Å². The van der Waals surface area contributed by atoms with E-state index in [-0.39, 0.29) is 5.41 Å². The van der Waals surface area contributed by atoms with Gasteiger partial charge in [-0.3, -0.25) is 9.13 Å². The molecule has 5 aromatic heterocycles. The third-order valence-corrected chi connectivity index (χ3v) is 13.4. The molecule has 7 aromatic carbocycles. The molecule has 0 aliphatic carbocycles. The molecule has 12 aromatic rings. The highest BCUT2D eigenvalue weighted by molar-refractivity contribution is 6.26. The molecule has 5 heterocycles. The number of hydrogen-bond donors (Lipinski definition) is 1. The van der Waals surface area contributed by atoms with Crippen LogP contribution in [0.5, 0.6) is 0 Å². The van der Waals surface area contributed by atoms with Gasteiger partial charge in [0.1, 0.15) is 22.8 Å². The van der Waals surface area contributed by atoms with Crippen LogP contribution in [0.25, 0.3) is 111 Å². The Labute approximate surface area is 371 Å². The lowest BCUT2D eigenvalue weighted by Crippen LogP contribution is -2.10. The molecule has 0 saturated carbocycles. The Morgan fingerprint density at radius 3 is 2.12 bits per heavy atom. The van der Waals surface area contributed by atoms with Crippen LogP contribution >= 0.6 is 0 Å². The number of H-pyrrole nitrogens is 1. The van der Waals surface area contributed by atoms with E-state index in [9.17, 15) is 0 Å². The van der Waals surface area contributed by atoms with Crippen molar-refractivity contribution < 1.29 is 4.42 Å². The second-order valence-electron chi connectivity index (χ2n) is 19.1. The minimum Gasteiger partial charge on any atom is -0.455 e. The Balaban J connectivity index is 1.16. The molecule has 0 radical (unpaired) electrons. The monoisotopic (exact) mass is 831 g/mol. The van der Waals surface area contributed by atoms with Crippen LogP contribution in [0, 0.1) is 0 Å². The first kappa shape index (κ1) is 38.3. The molecule has 0 bridgehead atoms. The number of nitrogens with one attached hydrogen (secondary N) is 1. The van der Waals surface area contributed by atoms with Crippen molar-refractivity contribution in [3.63, 3.8) is 0 Å². The molecule has 312 valence electrons. The highest BCUT2D eigenvalue weighted by atomic mass is 16.3. The third-order valence-electron chi connectivity index (χ3n) is 13.4. The van der Waals surface area contributed by atoms with Crippen LogP contribution in [0.4, 0.5) is 0 Å². The van der Waals surface area contributed by atoms with E-state index in [1.54, 1.807) is 0 Å². The molecular weight excluding hydrogens is 783 g/mol. The molecule has 0 unspecified atom stereocenters. The van der Waals surface area contributed by atoms with Crippen molar-refractivity contribution in [3.05, 3.63) is 168 Å². The number of aromatic nitrogens is 5. The fourth-order valence-corrected chi connectivity index (χ4v) is 10.2. The predicted molar refractivity (Wildman–Crippen MR) is 268 cm³/mol. The summed E-state index contributed by atoms with van der Waals surface area (Å²) in [6.07, 6.45) is 1.89. The van der Waals surface area contributed by atoms with Crippen molar-refractivity contribution >= 4 is 76.6 Å². The molecule has 0 aliphatic rings. The number of aromatic amines is 1. The maximum absolute atomic E-state index is 6.78. The van der Waals surface area contributed by atoms with Crippen LogP contribution in [0.15, 0.2) is 156 Å². The van der Waals surface area contributed by atoms with Crippen LogP contribution in [0.2, 0.25) is 0 Å². The van der Waals surface area contributed by atoms with E-state index < -0.39 is 0 Å². The van der Waals surface area contributed by atoms with Gasteiger partial charge in [0.2, 0.25) is 0 Å². The molecule has 1 N–H and O–H groups in total. The lowest BCUT2D eigenvalue weighted by Gasteiger charge is -2.18. The maximum atomic E-state index is 6.78. The summed E-state index contributed by atoms with van der Waals surface area (Å²) < 4.78 is 11.5. The molecule has 6 nitrogen and oxygen atoms in total. The van der Waals surface area contributed by atoms with Crippen molar-refractivity contribution in [2.45, 2.75) is 65.7 Å². The van der Waals surface area contributed by atoms with Crippen molar-refractivity contribution in [2.75, 3.05) is 0 Å². The van der Waals surface area contributed by atoms with Gasteiger partial charge in [0.05, 0.1) is 33.0 Å². The van der Waals surface area contributed by atoms with Crippen LogP contribution in [0.3, 0.4) is 0 Å². The van der Waals surface area contributed by atoms with E-state index in [0.29, 0.717) is 11.8 Å². The molecule has 0 saturated heterocycles. The fraction of sp³-hybridized carbons (Fsp3) is 0.172. The van der Waals surface area contributed by atoms with Gasteiger partial charge in [-0.25, -0.2) is 9.97 Å². The number of fused-ring (bicyclic) bond motifs is 11. The van der Waals surface area contributed by atoms with Gasteiger partial charge in [0, 0.05) is 55.5 Å². The summed E-state index contributed by atoms with van der Waals surface area (Å²) in [6, 6.07) is 52.6. The van der Waals surface area contributed by atoms with E-state index in [0.717, 1.165) is 94.3 Å². The van der Waals surface area contributed by atoms with E-state index in [4.69, 9.17) is 14.4 Å². The van der Waals surface area contributed by atoms with E-state index >= 15 is 0 Å². The van der Waals surface area contributed by atoms with Crippen molar-refractivity contribution in [1.29, 1.82) is 0 Å². The summed E-state index contributed by atoms with van der Waals surface area (Å²) >= 11 is 0. The van der Waals surface area contributed by atoms with Gasteiger partial charge in [-0.1, -0.05) is 121 Å². The van der Waals surface area contributed by atoms with E-state index in [1.165, 1.54) is 33.0 Å². The predicted octanol–water partition coefficient (Wildman–Crippen LogP) is 15.9. The quantitative estimate of drug-likeness (QED) is 0.181. The smallest absolute Gasteiger partial charge is 0.147 e. The summed E-state index contributed by atoms with van der Waals surface area (Å²) in [7, 11) is 0. The Bertz CT molecular complexity index is 3820. The SMILES string of the molecule is CC(C)c1cc2c3ccc(-c4cccc5c4nc(-c4cc6c7ccccc7oc6c6c4[nH]c4ccc(C(C)(C)C)cc46)n5-c4ccccc4)cc3n(-c3ccccn3)c2cc1C(C)C. The summed E-state index contributed by atoms with van der Waals surface area (Å²) in [5, 5.41) is 6.83. The molecular formula is C58H49N5O. The lowest BCUT2D eigenvalue weighted by molar-refractivity contribution is 0.591. The first-order valence-corrected chi connectivity index (χ1v) is 22.5. The van der Waals surface area contributed by atoms with Crippen molar-refractivity contribution in [3.8, 4) is 34.0 Å². The Hall–Kier alpha value is -7.44. The number of nitrogens with zero attached hydrogens (tertiary/aromatic N) is 4. The van der Waals surface area contributed by atoms with E-state index in [2.05, 4.69) is 196 Å². The average molecular weight is 832 g/mol. The highest BCUT2D eigenvalue weighted by Gasteiger charge is 2.26. The van der Waals surface area contributed by atoms with Crippen LogP contribution in [0.1, 0.15) is 77.0 Å². The molecule has 0 amide bonds. The molecule has 12 rings (SSSR count). The number of imidazole rings is 1. The zero-order valence-electron chi connectivity index (χ0n) is 37.3. The molecule has 0 fully saturated rings. The number of rotatable bonds is 6. The van der Waals surface area contributed by atoms with Crippen molar-refractivity contribution in [2.24, 2.45) is 0 Å². The summed E-state index contributed by atoms with van der Waals surface area (Å²) in [5.41, 5.74) is 16.3. The normalized spacial score (nSPS) is 12.6. The van der Waals surface area contributed by atoms with E-state index in [1.807, 2.05) is 18.3 Å². The number of para-hydroxylation sites is 3. The van der Waals surface area contributed by atoms with Gasteiger partial charge in [0.25, 0.3) is 0 Å². The fourth-order valence-electron chi connectivity index (χ4n) is 10.2. The Kier molecular flexibility index (Phi) is 8.39. The largest absolute Gasteiger partial charge is 0.455 e. The molecule has 0 atom stereocenters. The number of furan rings is 1. The summed E-state index contributed by atoms with van der Waals surface area (Å²) in [6.45, 7) is 16.0. The first-order chi connectivity index (χ1) is 31.0. The number of hydrogen-bond acceptors (Lipinski definition) is 3. The highest BCUT2D eigenvalue weighted by Crippen LogP contribution is 2.46. The van der Waals surface area contributed by atoms with Gasteiger partial charge in [-0.15, -0.1) is 0 Å². The maximum Gasteiger partial charge on any atom is 0.147 e. The van der Waals surface area contributed by atoms with Gasteiger partial charge in [-0.2, -0.15) is 0 Å². The van der Waals surface area contributed by atoms with Gasteiger partial charge in [-0.05, 0) is 112 Å². The zero-order chi connectivity index (χ0) is 43.6. The second-order valence-corrected chi connectivity index (χ2v) is 19.1. The minimum atomic E-state index is -0.0247. The second kappa shape index (κ2) is 14.0. The molecule has 6 heteroatoms. The van der Waals surface area contributed by atoms with Crippen LogP contribution in [-0.2, 0) is 5.41 Å². The lowest BCUT2D eigenvalue weighted by atomic mass is 9.86. The van der Waals surface area contributed by atoms with Crippen LogP contribution in [-0.4, -0.2) is 24.1 Å². The molecule has 0 aliphatic heterocycles. The number of pyridine rings is 1. The van der Waals surface area contributed by atoms with Gasteiger partial charge in [0.15, 0.2) is 0 Å². The van der Waals surface area contributed by atoms with Crippen LogP contribution < -0.4 is 0 Å². The molecule has 0 spiro atoms. The van der Waals surface area contributed by atoms with Crippen molar-refractivity contribution in [1.82, 2.24) is 24.1 Å². The minimum absolute atomic E-state index is 0.0247. The third kappa shape index (κ3) is 5.71. The molecule has 64 heavy (non-hydrogen) atoms. The Morgan fingerprint density at radius 1 is 0.578 bits per heavy atom. The summed E-state index contributed by atoms with van der Waals surface area (Å²) in [5.74, 6) is 2.55. The standard InChI is InChI=1S/C58H49N5O/c1-33(2)41-30-43-39-25-23-35(28-49(39)63(52-22-13-14-27-59-52)50(43)32-42(41)34(3)4)38-19-15-20-48-54(38)61-57(62(48)37-16-9-8-10-17-37)46-31-44-40-18-11-12-21-51(40)64-56(44)53-45-29-36(58(5,6)7)24-26-47(45)60-55(46)53/h8-34,60H,1-7H3. The first-order valence-electron chi connectivity index (χ1n) is 22.5. The number of benzene rings is 7.